The molecule has 2 aromatic rings. The predicted octanol–water partition coefficient (Wildman–Crippen LogP) is 3.78. The van der Waals surface area contributed by atoms with Crippen LogP contribution in [0.4, 0.5) is 0 Å². The molecule has 0 aromatic heterocycles. The molecule has 0 spiro atoms. The standard InChI is InChI=1S/C21H26N2O2.ClH/c1-16(17-8-4-3-5-9-17)14-21(24)23-13-12-22-15-19(23)18-10-6-7-11-20(18)25-2;/h3-11,16,19,22H,12-15H2,1-2H3;1H. The maximum atomic E-state index is 13.0. The molecule has 1 saturated heterocycles. The third-order valence-electron chi connectivity index (χ3n) is 4.91. The minimum atomic E-state index is 0. The SMILES string of the molecule is COc1ccccc1C1CNCCN1C(=O)CC(C)c1ccccc1.Cl. The molecule has 140 valence electrons. The van der Waals surface area contributed by atoms with Crippen molar-refractivity contribution in [2.24, 2.45) is 0 Å². The molecule has 4 nitrogen and oxygen atoms in total. The number of benzene rings is 2. The van der Waals surface area contributed by atoms with Gasteiger partial charge in [-0.05, 0) is 17.5 Å². The van der Waals surface area contributed by atoms with Gasteiger partial charge in [0.15, 0.2) is 0 Å². The van der Waals surface area contributed by atoms with E-state index in [1.165, 1.54) is 5.56 Å². The highest BCUT2D eigenvalue weighted by molar-refractivity contribution is 5.85. The Hall–Kier alpha value is -2.04. The molecule has 1 aliphatic heterocycles. The number of halogens is 1. The van der Waals surface area contributed by atoms with Crippen LogP contribution in [0.1, 0.15) is 36.4 Å². The van der Waals surface area contributed by atoms with Crippen LogP contribution in [0.25, 0.3) is 0 Å². The number of carbonyl (C=O) groups excluding carboxylic acids is 1. The van der Waals surface area contributed by atoms with E-state index < -0.39 is 0 Å². The van der Waals surface area contributed by atoms with Gasteiger partial charge in [0.2, 0.25) is 5.91 Å². The number of hydrogen-bond acceptors (Lipinski definition) is 3. The van der Waals surface area contributed by atoms with Gasteiger partial charge in [-0.15, -0.1) is 12.4 Å². The van der Waals surface area contributed by atoms with Gasteiger partial charge in [-0.3, -0.25) is 4.79 Å². The number of rotatable bonds is 5. The van der Waals surface area contributed by atoms with Gasteiger partial charge in [-0.1, -0.05) is 55.5 Å². The van der Waals surface area contributed by atoms with Crippen LogP contribution in [-0.2, 0) is 4.79 Å². The fourth-order valence-electron chi connectivity index (χ4n) is 3.50. The van der Waals surface area contributed by atoms with Crippen molar-refractivity contribution < 1.29 is 9.53 Å². The van der Waals surface area contributed by atoms with E-state index >= 15 is 0 Å². The van der Waals surface area contributed by atoms with Gasteiger partial charge in [-0.25, -0.2) is 0 Å². The zero-order valence-electron chi connectivity index (χ0n) is 15.4. The van der Waals surface area contributed by atoms with Crippen molar-refractivity contribution in [3.05, 3.63) is 65.7 Å². The predicted molar refractivity (Wildman–Crippen MR) is 107 cm³/mol. The fourth-order valence-corrected chi connectivity index (χ4v) is 3.50. The van der Waals surface area contributed by atoms with Gasteiger partial charge < -0.3 is 15.0 Å². The lowest BCUT2D eigenvalue weighted by Crippen LogP contribution is -2.49. The highest BCUT2D eigenvalue weighted by Gasteiger charge is 2.30. The first-order valence-electron chi connectivity index (χ1n) is 8.88. The van der Waals surface area contributed by atoms with E-state index in [0.29, 0.717) is 6.42 Å². The summed E-state index contributed by atoms with van der Waals surface area (Å²) in [6, 6.07) is 18.2. The van der Waals surface area contributed by atoms with Gasteiger partial charge in [-0.2, -0.15) is 0 Å². The van der Waals surface area contributed by atoms with Crippen LogP contribution in [0.2, 0.25) is 0 Å². The number of piperazine rings is 1. The third kappa shape index (κ3) is 4.57. The first-order chi connectivity index (χ1) is 12.2. The van der Waals surface area contributed by atoms with Crippen molar-refractivity contribution in [2.45, 2.75) is 25.3 Å². The second kappa shape index (κ2) is 9.60. The normalized spacial score (nSPS) is 17.9. The molecule has 1 aliphatic rings. The Morgan fingerprint density at radius 1 is 1.19 bits per heavy atom. The molecule has 2 aromatic carbocycles. The molecule has 2 unspecified atom stereocenters. The number of para-hydroxylation sites is 1. The lowest BCUT2D eigenvalue weighted by atomic mass is 9.95. The molecule has 3 rings (SSSR count). The zero-order chi connectivity index (χ0) is 17.6. The molecule has 1 amide bonds. The molecule has 0 radical (unpaired) electrons. The van der Waals surface area contributed by atoms with Crippen LogP contribution in [-0.4, -0.2) is 37.6 Å². The second-order valence-electron chi connectivity index (χ2n) is 6.56. The van der Waals surface area contributed by atoms with E-state index in [-0.39, 0.29) is 30.3 Å². The summed E-state index contributed by atoms with van der Waals surface area (Å²) in [6.07, 6.45) is 0.523. The molecule has 5 heteroatoms. The molecular weight excluding hydrogens is 348 g/mol. The van der Waals surface area contributed by atoms with Crippen LogP contribution < -0.4 is 10.1 Å². The maximum Gasteiger partial charge on any atom is 0.223 e. The van der Waals surface area contributed by atoms with Crippen molar-refractivity contribution in [3.63, 3.8) is 0 Å². The summed E-state index contributed by atoms with van der Waals surface area (Å²) in [4.78, 5) is 15.0. The van der Waals surface area contributed by atoms with Crippen molar-refractivity contribution in [1.82, 2.24) is 10.2 Å². The molecule has 0 aliphatic carbocycles. The van der Waals surface area contributed by atoms with Crippen LogP contribution in [0, 0.1) is 0 Å². The van der Waals surface area contributed by atoms with E-state index in [4.69, 9.17) is 4.74 Å². The number of carbonyl (C=O) groups is 1. The summed E-state index contributed by atoms with van der Waals surface area (Å²) in [5.74, 6) is 1.25. The van der Waals surface area contributed by atoms with E-state index in [9.17, 15) is 4.79 Å². The Morgan fingerprint density at radius 3 is 2.62 bits per heavy atom. The first kappa shape index (κ1) is 20.3. The van der Waals surface area contributed by atoms with E-state index in [1.807, 2.05) is 41.3 Å². The smallest absolute Gasteiger partial charge is 0.223 e. The van der Waals surface area contributed by atoms with Crippen LogP contribution >= 0.6 is 12.4 Å². The average molecular weight is 375 g/mol. The van der Waals surface area contributed by atoms with E-state index in [1.54, 1.807) is 7.11 Å². The lowest BCUT2D eigenvalue weighted by molar-refractivity contribution is -0.134. The van der Waals surface area contributed by atoms with Gasteiger partial charge >= 0.3 is 0 Å². The number of nitrogens with one attached hydrogen (secondary N) is 1. The van der Waals surface area contributed by atoms with Crippen LogP contribution in [0.15, 0.2) is 54.6 Å². The molecule has 0 saturated carbocycles. The largest absolute Gasteiger partial charge is 0.496 e. The topological polar surface area (TPSA) is 41.6 Å². The Morgan fingerprint density at radius 2 is 1.88 bits per heavy atom. The van der Waals surface area contributed by atoms with Gasteiger partial charge in [0.1, 0.15) is 5.75 Å². The third-order valence-corrected chi connectivity index (χ3v) is 4.91. The minimum Gasteiger partial charge on any atom is -0.496 e. The van der Waals surface area contributed by atoms with Crippen LogP contribution in [0.5, 0.6) is 5.75 Å². The highest BCUT2D eigenvalue weighted by atomic mass is 35.5. The number of amides is 1. The average Bonchev–Trinajstić information content (AvgIpc) is 2.68. The minimum absolute atomic E-state index is 0. The number of nitrogens with zero attached hydrogens (tertiary/aromatic N) is 1. The van der Waals surface area contributed by atoms with Crippen molar-refractivity contribution >= 4 is 18.3 Å². The molecule has 1 fully saturated rings. The summed E-state index contributed by atoms with van der Waals surface area (Å²) < 4.78 is 5.51. The first-order valence-corrected chi connectivity index (χ1v) is 8.88. The fraction of sp³-hybridized carbons (Fsp3) is 0.381. The Kier molecular flexibility index (Phi) is 7.49. The van der Waals surface area contributed by atoms with Gasteiger partial charge in [0.05, 0.1) is 13.2 Å². The molecule has 0 bridgehead atoms. The second-order valence-corrected chi connectivity index (χ2v) is 6.56. The lowest BCUT2D eigenvalue weighted by Gasteiger charge is -2.37. The van der Waals surface area contributed by atoms with E-state index in [2.05, 4.69) is 30.4 Å². The molecular formula is C21H27ClN2O2. The van der Waals surface area contributed by atoms with Crippen molar-refractivity contribution in [3.8, 4) is 5.75 Å². The monoisotopic (exact) mass is 374 g/mol. The van der Waals surface area contributed by atoms with Crippen LogP contribution in [0.3, 0.4) is 0 Å². The summed E-state index contributed by atoms with van der Waals surface area (Å²) >= 11 is 0. The quantitative estimate of drug-likeness (QED) is 0.865. The Bertz CT molecular complexity index is 708. The van der Waals surface area contributed by atoms with Crippen molar-refractivity contribution in [1.29, 1.82) is 0 Å². The molecule has 1 N–H and O–H groups in total. The Labute approximate surface area is 162 Å². The number of methoxy groups -OCH3 is 1. The highest BCUT2D eigenvalue weighted by Crippen LogP contribution is 2.31. The number of hydrogen-bond donors (Lipinski definition) is 1. The molecule has 2 atom stereocenters. The summed E-state index contributed by atoms with van der Waals surface area (Å²) in [7, 11) is 1.68. The van der Waals surface area contributed by atoms with E-state index in [0.717, 1.165) is 30.9 Å². The number of ether oxygens (including phenoxy) is 1. The Balaban J connectivity index is 0.00000243. The summed E-state index contributed by atoms with van der Waals surface area (Å²) in [5, 5.41) is 3.41. The van der Waals surface area contributed by atoms with Gasteiger partial charge in [0, 0.05) is 31.6 Å². The zero-order valence-corrected chi connectivity index (χ0v) is 16.2. The summed E-state index contributed by atoms with van der Waals surface area (Å²) in [5.41, 5.74) is 2.28. The van der Waals surface area contributed by atoms with Crippen molar-refractivity contribution in [2.75, 3.05) is 26.7 Å². The maximum absolute atomic E-state index is 13.0. The molecule has 26 heavy (non-hydrogen) atoms. The summed E-state index contributed by atoms with van der Waals surface area (Å²) in [6.45, 7) is 4.43. The van der Waals surface area contributed by atoms with Gasteiger partial charge in [0.25, 0.3) is 0 Å². The molecule has 1 heterocycles.